The van der Waals surface area contributed by atoms with Gasteiger partial charge in [0.05, 0.1) is 0 Å². The van der Waals surface area contributed by atoms with E-state index in [9.17, 15) is 0 Å². The third kappa shape index (κ3) is 4.85. The number of fused-ring (bicyclic) bond motifs is 8. The van der Waals surface area contributed by atoms with E-state index in [1.807, 2.05) is 0 Å². The molecule has 0 saturated carbocycles. The molecule has 0 nitrogen and oxygen atoms in total. The molecule has 0 heterocycles. The van der Waals surface area contributed by atoms with Crippen molar-refractivity contribution in [1.29, 1.82) is 0 Å². The minimum Gasteiger partial charge on any atom is -0.0616 e. The lowest BCUT2D eigenvalue weighted by Crippen LogP contribution is -2.15. The maximum Gasteiger partial charge on any atom is 0.0159 e. The van der Waals surface area contributed by atoms with Gasteiger partial charge in [0.1, 0.15) is 0 Å². The van der Waals surface area contributed by atoms with Crippen LogP contribution in [0.15, 0.2) is 194 Å². The molecule has 1 aliphatic rings. The fourth-order valence-electron chi connectivity index (χ4n) is 9.58. The van der Waals surface area contributed by atoms with Gasteiger partial charge in [-0.05, 0) is 122 Å². The van der Waals surface area contributed by atoms with E-state index >= 15 is 0 Å². The molecule has 0 N–H and O–H groups in total. The minimum atomic E-state index is -0.0857. The van der Waals surface area contributed by atoms with Gasteiger partial charge in [-0.2, -0.15) is 0 Å². The maximum atomic E-state index is 2.45. The second-order valence-electron chi connectivity index (χ2n) is 15.6. The molecule has 0 aromatic heterocycles. The average molecular weight is 699 g/mol. The van der Waals surface area contributed by atoms with Gasteiger partial charge < -0.3 is 0 Å². The zero-order chi connectivity index (χ0) is 36.7. The van der Waals surface area contributed by atoms with Crippen molar-refractivity contribution in [2.75, 3.05) is 0 Å². The average Bonchev–Trinajstić information content (AvgIpc) is 3.48. The molecule has 0 bridgehead atoms. The summed E-state index contributed by atoms with van der Waals surface area (Å²) in [5.74, 6) is 0. The number of benzene rings is 10. The minimum absolute atomic E-state index is 0.0857. The van der Waals surface area contributed by atoms with Crippen LogP contribution in [0.3, 0.4) is 0 Å². The Kier molecular flexibility index (Phi) is 7.00. The van der Waals surface area contributed by atoms with E-state index in [0.717, 1.165) is 0 Å². The molecule has 1 aliphatic carbocycles. The van der Waals surface area contributed by atoms with Gasteiger partial charge >= 0.3 is 0 Å². The number of rotatable bonds is 4. The molecule has 0 fully saturated rings. The van der Waals surface area contributed by atoms with E-state index in [4.69, 9.17) is 0 Å². The monoisotopic (exact) mass is 698 g/mol. The Labute approximate surface area is 322 Å². The first-order chi connectivity index (χ1) is 27.0. The molecule has 0 aliphatic heterocycles. The predicted octanol–water partition coefficient (Wildman–Crippen LogP) is 15.3. The summed E-state index contributed by atoms with van der Waals surface area (Å²) >= 11 is 0. The van der Waals surface area contributed by atoms with Crippen LogP contribution in [0.2, 0.25) is 0 Å². The molecule has 0 saturated heterocycles. The summed E-state index contributed by atoms with van der Waals surface area (Å²) in [5.41, 5.74) is 15.5. The molecule has 10 aromatic carbocycles. The van der Waals surface area contributed by atoms with Crippen molar-refractivity contribution in [2.45, 2.75) is 19.3 Å². The molecule has 0 spiro atoms. The first-order valence-electron chi connectivity index (χ1n) is 19.3. The lowest BCUT2D eigenvalue weighted by Gasteiger charge is -2.22. The van der Waals surface area contributed by atoms with E-state index in [1.54, 1.807) is 0 Å². The van der Waals surface area contributed by atoms with Crippen LogP contribution < -0.4 is 0 Å². The van der Waals surface area contributed by atoms with Crippen molar-refractivity contribution in [3.05, 3.63) is 205 Å². The molecule has 0 heteroatoms. The third-order valence-electron chi connectivity index (χ3n) is 12.3. The van der Waals surface area contributed by atoms with Crippen molar-refractivity contribution in [3.8, 4) is 55.6 Å². The van der Waals surface area contributed by atoms with Gasteiger partial charge in [0.25, 0.3) is 0 Å². The van der Waals surface area contributed by atoms with Gasteiger partial charge in [0.15, 0.2) is 0 Å². The smallest absolute Gasteiger partial charge is 0.0159 e. The molecule has 55 heavy (non-hydrogen) atoms. The summed E-state index contributed by atoms with van der Waals surface area (Å²) in [6, 6.07) is 72.1. The van der Waals surface area contributed by atoms with Crippen LogP contribution >= 0.6 is 0 Å². The van der Waals surface area contributed by atoms with Crippen LogP contribution in [0.5, 0.6) is 0 Å². The van der Waals surface area contributed by atoms with Crippen molar-refractivity contribution in [1.82, 2.24) is 0 Å². The number of hydrogen-bond acceptors (Lipinski definition) is 0. The standard InChI is InChI=1S/C55H38/c1-55(2)50-32-30-36-14-4-6-19-44(36)54(50)49-31-29-40(34-51(49)55)39-16-11-17-41(33-39)53-47-22-9-7-20-45(47)52(46-21-8-10-23-48(46)53)38-27-25-37(26-28-38)43-24-12-15-35-13-3-5-18-42(35)43/h3-34H,1-2H3. The largest absolute Gasteiger partial charge is 0.0616 e. The van der Waals surface area contributed by atoms with Crippen LogP contribution in [0.4, 0.5) is 0 Å². The Bertz CT molecular complexity index is 3100. The van der Waals surface area contributed by atoms with E-state index in [0.29, 0.717) is 0 Å². The van der Waals surface area contributed by atoms with E-state index in [-0.39, 0.29) is 5.41 Å². The summed E-state index contributed by atoms with van der Waals surface area (Å²) in [6.45, 7) is 4.76. The summed E-state index contributed by atoms with van der Waals surface area (Å²) in [6.07, 6.45) is 0. The number of hydrogen-bond donors (Lipinski definition) is 0. The highest BCUT2D eigenvalue weighted by Gasteiger charge is 2.36. The molecule has 0 unspecified atom stereocenters. The molecule has 0 atom stereocenters. The normalized spacial score (nSPS) is 13.1. The Hall–Kier alpha value is -6.76. The van der Waals surface area contributed by atoms with Gasteiger partial charge in [-0.1, -0.05) is 196 Å². The van der Waals surface area contributed by atoms with Gasteiger partial charge in [-0.25, -0.2) is 0 Å². The maximum absolute atomic E-state index is 2.45. The highest BCUT2D eigenvalue weighted by atomic mass is 14.4. The van der Waals surface area contributed by atoms with Gasteiger partial charge in [0.2, 0.25) is 0 Å². The fraction of sp³-hybridized carbons (Fsp3) is 0.0545. The molecule has 11 rings (SSSR count). The van der Waals surface area contributed by atoms with Crippen LogP contribution in [-0.4, -0.2) is 0 Å². The molecule has 258 valence electrons. The summed E-state index contributed by atoms with van der Waals surface area (Å²) in [7, 11) is 0. The summed E-state index contributed by atoms with van der Waals surface area (Å²) in [5, 5.41) is 10.2. The lowest BCUT2D eigenvalue weighted by atomic mass is 9.81. The van der Waals surface area contributed by atoms with Crippen molar-refractivity contribution < 1.29 is 0 Å². The highest BCUT2D eigenvalue weighted by molar-refractivity contribution is 6.21. The Morgan fingerprint density at radius 2 is 0.764 bits per heavy atom. The molecule has 0 amide bonds. The van der Waals surface area contributed by atoms with Crippen LogP contribution in [0, 0.1) is 0 Å². The first kappa shape index (κ1) is 31.7. The second-order valence-corrected chi connectivity index (χ2v) is 15.6. The third-order valence-corrected chi connectivity index (χ3v) is 12.3. The molecule has 0 radical (unpaired) electrons. The lowest BCUT2D eigenvalue weighted by molar-refractivity contribution is 0.661. The topological polar surface area (TPSA) is 0 Å². The Balaban J connectivity index is 1.05. The van der Waals surface area contributed by atoms with Crippen molar-refractivity contribution >= 4 is 43.1 Å². The van der Waals surface area contributed by atoms with Crippen LogP contribution in [-0.2, 0) is 5.41 Å². The predicted molar refractivity (Wildman–Crippen MR) is 236 cm³/mol. The molecular weight excluding hydrogens is 661 g/mol. The van der Waals surface area contributed by atoms with Gasteiger partial charge in [-0.3, -0.25) is 0 Å². The SMILES string of the molecule is CC1(C)c2cc(-c3cccc(-c4c5ccccc5c(-c5ccc(-c6cccc7ccccc67)cc5)c5ccccc45)c3)ccc2-c2c1ccc1ccccc21. The van der Waals surface area contributed by atoms with Crippen LogP contribution in [0.1, 0.15) is 25.0 Å². The first-order valence-corrected chi connectivity index (χ1v) is 19.3. The van der Waals surface area contributed by atoms with Gasteiger partial charge in [-0.15, -0.1) is 0 Å². The fourth-order valence-corrected chi connectivity index (χ4v) is 9.58. The Morgan fingerprint density at radius 3 is 1.45 bits per heavy atom. The van der Waals surface area contributed by atoms with Crippen LogP contribution in [0.25, 0.3) is 98.7 Å². The summed E-state index contributed by atoms with van der Waals surface area (Å²) < 4.78 is 0. The zero-order valence-electron chi connectivity index (χ0n) is 31.0. The molecular formula is C55H38. The quantitative estimate of drug-likeness (QED) is 0.161. The molecule has 10 aromatic rings. The van der Waals surface area contributed by atoms with E-state index in [2.05, 4.69) is 208 Å². The van der Waals surface area contributed by atoms with Crippen molar-refractivity contribution in [2.24, 2.45) is 0 Å². The highest BCUT2D eigenvalue weighted by Crippen LogP contribution is 2.52. The summed E-state index contributed by atoms with van der Waals surface area (Å²) in [4.78, 5) is 0. The van der Waals surface area contributed by atoms with E-state index < -0.39 is 0 Å². The second kappa shape index (κ2) is 12.1. The van der Waals surface area contributed by atoms with Crippen molar-refractivity contribution in [3.63, 3.8) is 0 Å². The Morgan fingerprint density at radius 1 is 0.273 bits per heavy atom. The van der Waals surface area contributed by atoms with E-state index in [1.165, 1.54) is 110 Å². The zero-order valence-corrected chi connectivity index (χ0v) is 31.0. The van der Waals surface area contributed by atoms with Gasteiger partial charge in [0, 0.05) is 5.41 Å².